The van der Waals surface area contributed by atoms with Gasteiger partial charge in [-0.2, -0.15) is 0 Å². The van der Waals surface area contributed by atoms with Crippen molar-refractivity contribution in [2.24, 2.45) is 2.98 Å². The van der Waals surface area contributed by atoms with Crippen molar-refractivity contribution in [3.8, 4) is 0 Å². The first-order valence-corrected chi connectivity index (χ1v) is 12.4. The van der Waals surface area contributed by atoms with E-state index in [4.69, 9.17) is 4.74 Å². The van der Waals surface area contributed by atoms with Crippen LogP contribution < -0.4 is 0 Å². The molecule has 0 aliphatic carbocycles. The molecular weight excluding hydrogens is 423 g/mol. The second kappa shape index (κ2) is 7.65. The van der Waals surface area contributed by atoms with Crippen LogP contribution in [-0.2, 0) is 20.8 Å². The van der Waals surface area contributed by atoms with Gasteiger partial charge >= 0.3 is 147 Å². The number of nitrogens with zero attached hydrogens (tertiary/aromatic N) is 1. The SMILES string of the molecule is CC(C)(C)O[C](=O)[In]1[CH]=CC(OC(F)(F)OCc2ccccc2)=[N]1. The van der Waals surface area contributed by atoms with Crippen LogP contribution in [0.15, 0.2) is 43.2 Å². The number of carbonyl (C=O) groups excluding carboxylic acids is 1. The third kappa shape index (κ3) is 6.24. The minimum atomic E-state index is -3.83. The van der Waals surface area contributed by atoms with E-state index >= 15 is 0 Å². The van der Waals surface area contributed by atoms with Crippen LogP contribution in [0.3, 0.4) is 0 Å². The number of carbonyl (C=O) groups is 1. The average molecular weight is 441 g/mol. The van der Waals surface area contributed by atoms with E-state index in [9.17, 15) is 13.6 Å². The maximum atomic E-state index is 13.7. The standard InChI is InChI=1S/C11H9F2NO2.C5H9O2.In/c1-2-10(14)16-11(12,13)15-8-9-6-4-3-5-7-9;1-5(2,3)7-4-6;/h1-7H,8H2;1-3H3;/q-1;;+1. The van der Waals surface area contributed by atoms with Crippen LogP contribution in [-0.4, -0.2) is 43.2 Å². The van der Waals surface area contributed by atoms with Gasteiger partial charge in [-0.05, 0) is 0 Å². The van der Waals surface area contributed by atoms with Crippen molar-refractivity contribution in [1.29, 1.82) is 0 Å². The molecule has 1 heterocycles. The molecule has 0 bridgehead atoms. The molecule has 0 amide bonds. The Morgan fingerprint density at radius 2 is 1.88 bits per heavy atom. The molecule has 0 saturated carbocycles. The van der Waals surface area contributed by atoms with E-state index in [1.54, 1.807) is 54.9 Å². The molecule has 0 N–H and O–H groups in total. The van der Waals surface area contributed by atoms with Crippen molar-refractivity contribution in [1.82, 2.24) is 0 Å². The fourth-order valence-electron chi connectivity index (χ4n) is 1.84. The van der Waals surface area contributed by atoms with Crippen LogP contribution in [0.4, 0.5) is 13.6 Å². The Hall–Kier alpha value is -1.41. The molecule has 0 radical (unpaired) electrons. The van der Waals surface area contributed by atoms with E-state index in [-0.39, 0.29) is 12.5 Å². The molecule has 1 aliphatic heterocycles. The third-order valence-corrected chi connectivity index (χ3v) is 7.63. The van der Waals surface area contributed by atoms with Gasteiger partial charge in [-0.25, -0.2) is 0 Å². The van der Waals surface area contributed by atoms with Crippen LogP contribution >= 0.6 is 0 Å². The maximum absolute atomic E-state index is 13.7. The Morgan fingerprint density at radius 1 is 1.21 bits per heavy atom. The Balaban J connectivity index is 1.89. The van der Waals surface area contributed by atoms with Gasteiger partial charge in [0.1, 0.15) is 0 Å². The van der Waals surface area contributed by atoms with E-state index in [2.05, 4.69) is 12.5 Å². The zero-order chi connectivity index (χ0) is 17.8. The van der Waals surface area contributed by atoms with Crippen LogP contribution in [0.2, 0.25) is 0 Å². The summed E-state index contributed by atoms with van der Waals surface area (Å²) in [6.07, 6.45) is -2.54. The van der Waals surface area contributed by atoms with E-state index in [0.717, 1.165) is 0 Å². The molecule has 1 aromatic rings. The number of hydrogen-bond acceptors (Lipinski definition) is 5. The average Bonchev–Trinajstić information content (AvgIpc) is 2.92. The van der Waals surface area contributed by atoms with Gasteiger partial charge in [0.15, 0.2) is 0 Å². The van der Waals surface area contributed by atoms with Gasteiger partial charge in [0.25, 0.3) is 0 Å². The second-order valence-electron chi connectivity index (χ2n) is 6.14. The Bertz CT molecular complexity index is 641. The molecule has 0 aromatic heterocycles. The number of alkyl halides is 2. The van der Waals surface area contributed by atoms with Crippen LogP contribution in [0.5, 0.6) is 0 Å². The molecule has 1 aliphatic rings. The topological polar surface area (TPSA) is 57.1 Å². The monoisotopic (exact) mass is 441 g/mol. The van der Waals surface area contributed by atoms with Crippen molar-refractivity contribution in [3.63, 3.8) is 0 Å². The molecular formula is C16H18F2InNO4. The van der Waals surface area contributed by atoms with E-state index in [1.165, 1.54) is 6.08 Å². The summed E-state index contributed by atoms with van der Waals surface area (Å²) in [5.74, 6) is -0.292. The summed E-state index contributed by atoms with van der Waals surface area (Å²) in [5, 5.41) is 0. The number of ether oxygens (including phenoxy) is 3. The number of hydrogen-bond donors (Lipinski definition) is 0. The zero-order valence-corrected chi connectivity index (χ0v) is 17.0. The van der Waals surface area contributed by atoms with Crippen LogP contribution in [0.1, 0.15) is 26.3 Å². The van der Waals surface area contributed by atoms with Gasteiger partial charge in [0, 0.05) is 0 Å². The molecule has 0 atom stereocenters. The second-order valence-corrected chi connectivity index (χ2v) is 11.9. The van der Waals surface area contributed by atoms with Gasteiger partial charge in [-0.3, -0.25) is 0 Å². The molecule has 8 heteroatoms. The fraction of sp³-hybridized carbons (Fsp3) is 0.375. The summed E-state index contributed by atoms with van der Waals surface area (Å²) in [5.41, 5.74) is -0.0422. The predicted octanol–water partition coefficient (Wildman–Crippen LogP) is 3.79. The van der Waals surface area contributed by atoms with Crippen molar-refractivity contribution in [2.45, 2.75) is 39.3 Å². The first-order chi connectivity index (χ1) is 11.1. The van der Waals surface area contributed by atoms with E-state index < -0.39 is 37.3 Å². The summed E-state index contributed by atoms with van der Waals surface area (Å²) >= 11 is -3.22. The Kier molecular flexibility index (Phi) is 6.03. The third-order valence-electron chi connectivity index (χ3n) is 2.81. The summed E-state index contributed by atoms with van der Waals surface area (Å²) in [6, 6.07) is 8.55. The molecule has 0 spiro atoms. The predicted molar refractivity (Wildman–Crippen MR) is 85.8 cm³/mol. The molecule has 5 nitrogen and oxygen atoms in total. The van der Waals surface area contributed by atoms with Crippen molar-refractivity contribution >= 4 is 31.3 Å². The molecule has 24 heavy (non-hydrogen) atoms. The van der Waals surface area contributed by atoms with Gasteiger partial charge in [0.05, 0.1) is 0 Å². The van der Waals surface area contributed by atoms with Crippen LogP contribution in [0, 0.1) is 0 Å². The quantitative estimate of drug-likeness (QED) is 0.653. The minimum absolute atomic E-state index is 0.292. The summed E-state index contributed by atoms with van der Waals surface area (Å²) in [6.45, 7) is 4.91. The Labute approximate surface area is 147 Å². The van der Waals surface area contributed by atoms with Crippen molar-refractivity contribution in [3.05, 3.63) is 45.8 Å². The number of rotatable bonds is 5. The molecule has 0 saturated heterocycles. The zero-order valence-electron chi connectivity index (χ0n) is 13.7. The number of halogens is 2. The Morgan fingerprint density at radius 3 is 2.50 bits per heavy atom. The van der Waals surface area contributed by atoms with Crippen molar-refractivity contribution in [2.75, 3.05) is 0 Å². The molecule has 0 fully saturated rings. The first-order valence-electron chi connectivity index (χ1n) is 7.38. The van der Waals surface area contributed by atoms with E-state index in [1.807, 2.05) is 0 Å². The van der Waals surface area contributed by atoms with Crippen LogP contribution in [0.25, 0.3) is 0 Å². The molecule has 1 aromatic carbocycles. The summed E-state index contributed by atoms with van der Waals surface area (Å²) in [7, 11) is 0. The van der Waals surface area contributed by atoms with Gasteiger partial charge in [0.2, 0.25) is 0 Å². The normalized spacial score (nSPS) is 14.5. The molecule has 0 unspecified atom stereocenters. The first kappa shape index (κ1) is 18.9. The summed E-state index contributed by atoms with van der Waals surface area (Å²) in [4.78, 5) is 11.9. The molecule has 128 valence electrons. The molecule has 2 rings (SSSR count). The van der Waals surface area contributed by atoms with Gasteiger partial charge in [-0.15, -0.1) is 0 Å². The fourth-order valence-corrected chi connectivity index (χ4v) is 6.36. The van der Waals surface area contributed by atoms with Gasteiger partial charge < -0.3 is 0 Å². The van der Waals surface area contributed by atoms with Crippen molar-refractivity contribution < 1.29 is 27.8 Å². The van der Waals surface area contributed by atoms with E-state index in [0.29, 0.717) is 5.56 Å². The number of benzene rings is 1. The van der Waals surface area contributed by atoms with Gasteiger partial charge in [-0.1, -0.05) is 0 Å². The summed E-state index contributed by atoms with van der Waals surface area (Å²) < 4.78 is 46.7.